The summed E-state index contributed by atoms with van der Waals surface area (Å²) in [5, 5.41) is 3.06. The number of halogens is 1. The standard InChI is InChI=1S/C20H25ClN2O4S/c1-2-3-13-27-14-7-12-22-20(24)16-8-6-9-17(15-16)28(25,26)23-19-11-5-4-10-18(19)21/h4-6,8-11,15,23H,2-3,7,12-14H2,1H3,(H,22,24). The fourth-order valence-corrected chi connectivity index (χ4v) is 3.74. The second-order valence-electron chi connectivity index (χ2n) is 6.19. The molecule has 2 aromatic carbocycles. The Bertz CT molecular complexity index is 887. The zero-order valence-electron chi connectivity index (χ0n) is 15.8. The monoisotopic (exact) mass is 424 g/mol. The van der Waals surface area contributed by atoms with Crippen LogP contribution >= 0.6 is 11.6 Å². The number of anilines is 1. The molecule has 0 unspecified atom stereocenters. The van der Waals surface area contributed by atoms with Crippen LogP contribution in [0.15, 0.2) is 53.4 Å². The maximum atomic E-state index is 12.6. The fourth-order valence-electron chi connectivity index (χ4n) is 2.38. The summed E-state index contributed by atoms with van der Waals surface area (Å²) in [4.78, 5) is 12.3. The quantitative estimate of drug-likeness (QED) is 0.532. The van der Waals surface area contributed by atoms with Crippen molar-refractivity contribution in [3.05, 3.63) is 59.1 Å². The van der Waals surface area contributed by atoms with E-state index in [1.54, 1.807) is 30.3 Å². The third-order valence-corrected chi connectivity index (χ3v) is 5.61. The molecule has 0 aliphatic carbocycles. The number of amides is 1. The molecule has 0 heterocycles. The molecule has 28 heavy (non-hydrogen) atoms. The Labute approximate surface area is 171 Å². The molecule has 0 aromatic heterocycles. The number of nitrogens with one attached hydrogen (secondary N) is 2. The van der Waals surface area contributed by atoms with E-state index in [1.807, 2.05) is 0 Å². The predicted octanol–water partition coefficient (Wildman–Crippen LogP) is 4.08. The second kappa shape index (κ2) is 11.0. The molecule has 0 saturated heterocycles. The lowest BCUT2D eigenvalue weighted by molar-refractivity contribution is 0.0940. The minimum atomic E-state index is -3.86. The number of rotatable bonds is 11. The van der Waals surface area contributed by atoms with Crippen LogP contribution in [0.25, 0.3) is 0 Å². The van der Waals surface area contributed by atoms with Crippen LogP contribution in [-0.4, -0.2) is 34.1 Å². The van der Waals surface area contributed by atoms with Gasteiger partial charge in [0.2, 0.25) is 0 Å². The molecule has 2 rings (SSSR count). The van der Waals surface area contributed by atoms with Gasteiger partial charge in [0.25, 0.3) is 15.9 Å². The Morgan fingerprint density at radius 1 is 1.07 bits per heavy atom. The minimum absolute atomic E-state index is 0.0111. The van der Waals surface area contributed by atoms with Crippen LogP contribution in [0, 0.1) is 0 Å². The van der Waals surface area contributed by atoms with Crippen LogP contribution in [0.1, 0.15) is 36.5 Å². The van der Waals surface area contributed by atoms with E-state index in [1.165, 1.54) is 18.2 Å². The van der Waals surface area contributed by atoms with Gasteiger partial charge in [-0.3, -0.25) is 9.52 Å². The molecule has 2 aromatic rings. The number of ether oxygens (including phenoxy) is 1. The number of hydrogen-bond acceptors (Lipinski definition) is 4. The van der Waals surface area contributed by atoms with Crippen LogP contribution < -0.4 is 10.0 Å². The van der Waals surface area contributed by atoms with Gasteiger partial charge in [-0.15, -0.1) is 0 Å². The summed E-state index contributed by atoms with van der Waals surface area (Å²) >= 11 is 6.01. The Kier molecular flexibility index (Phi) is 8.76. The third kappa shape index (κ3) is 6.82. The average molecular weight is 425 g/mol. The summed E-state index contributed by atoms with van der Waals surface area (Å²) in [6, 6.07) is 12.4. The topological polar surface area (TPSA) is 84.5 Å². The van der Waals surface area contributed by atoms with Gasteiger partial charge < -0.3 is 10.1 Å². The summed E-state index contributed by atoms with van der Waals surface area (Å²) in [6.07, 6.45) is 2.80. The molecule has 0 aliphatic heterocycles. The summed E-state index contributed by atoms with van der Waals surface area (Å²) in [5.74, 6) is -0.330. The van der Waals surface area contributed by atoms with Crippen molar-refractivity contribution in [2.24, 2.45) is 0 Å². The number of carbonyl (C=O) groups is 1. The van der Waals surface area contributed by atoms with Gasteiger partial charge in [0.05, 0.1) is 15.6 Å². The van der Waals surface area contributed by atoms with Crippen LogP contribution in [-0.2, 0) is 14.8 Å². The molecule has 2 N–H and O–H groups in total. The largest absolute Gasteiger partial charge is 0.381 e. The molecule has 8 heteroatoms. The molecule has 152 valence electrons. The van der Waals surface area contributed by atoms with Crippen molar-refractivity contribution in [3.8, 4) is 0 Å². The average Bonchev–Trinajstić information content (AvgIpc) is 2.69. The van der Waals surface area contributed by atoms with Crippen molar-refractivity contribution >= 4 is 33.2 Å². The van der Waals surface area contributed by atoms with Gasteiger partial charge in [-0.2, -0.15) is 0 Å². The van der Waals surface area contributed by atoms with E-state index >= 15 is 0 Å². The van der Waals surface area contributed by atoms with Gasteiger partial charge in [-0.05, 0) is 43.2 Å². The maximum Gasteiger partial charge on any atom is 0.261 e. The summed E-state index contributed by atoms with van der Waals surface area (Å²) in [5.41, 5.74) is 0.552. The normalized spacial score (nSPS) is 11.2. The van der Waals surface area contributed by atoms with E-state index in [9.17, 15) is 13.2 Å². The van der Waals surface area contributed by atoms with Gasteiger partial charge in [0, 0.05) is 25.3 Å². The maximum absolute atomic E-state index is 12.6. The Morgan fingerprint density at radius 3 is 2.57 bits per heavy atom. The van der Waals surface area contributed by atoms with E-state index in [0.717, 1.165) is 19.4 Å². The van der Waals surface area contributed by atoms with Crippen LogP contribution in [0.5, 0.6) is 0 Å². The highest BCUT2D eigenvalue weighted by Gasteiger charge is 2.17. The van der Waals surface area contributed by atoms with E-state index in [0.29, 0.717) is 24.6 Å². The summed E-state index contributed by atoms with van der Waals surface area (Å²) in [7, 11) is -3.86. The molecular formula is C20H25ClN2O4S. The van der Waals surface area contributed by atoms with Crippen molar-refractivity contribution in [2.75, 3.05) is 24.5 Å². The summed E-state index contributed by atoms with van der Waals surface area (Å²) < 4.78 is 33.1. The van der Waals surface area contributed by atoms with Gasteiger partial charge in [0.1, 0.15) is 0 Å². The molecule has 1 amide bonds. The molecule has 0 fully saturated rings. The third-order valence-electron chi connectivity index (χ3n) is 3.92. The predicted molar refractivity (Wildman–Crippen MR) is 111 cm³/mol. The number of benzene rings is 2. The smallest absolute Gasteiger partial charge is 0.261 e. The fraction of sp³-hybridized carbons (Fsp3) is 0.350. The van der Waals surface area contributed by atoms with Crippen molar-refractivity contribution < 1.29 is 17.9 Å². The first kappa shape index (κ1) is 22.2. The molecule has 0 atom stereocenters. The molecule has 0 bridgehead atoms. The molecule has 0 saturated carbocycles. The van der Waals surface area contributed by atoms with E-state index in [-0.39, 0.29) is 22.1 Å². The molecule has 0 aliphatic rings. The van der Waals surface area contributed by atoms with E-state index in [2.05, 4.69) is 17.0 Å². The van der Waals surface area contributed by atoms with E-state index in [4.69, 9.17) is 16.3 Å². The Morgan fingerprint density at radius 2 is 1.82 bits per heavy atom. The van der Waals surface area contributed by atoms with Crippen LogP contribution in [0.4, 0.5) is 5.69 Å². The first-order valence-corrected chi connectivity index (χ1v) is 11.0. The first-order valence-electron chi connectivity index (χ1n) is 9.17. The molecular weight excluding hydrogens is 400 g/mol. The van der Waals surface area contributed by atoms with Crippen molar-refractivity contribution in [1.29, 1.82) is 0 Å². The number of hydrogen-bond donors (Lipinski definition) is 2. The highest BCUT2D eigenvalue weighted by molar-refractivity contribution is 7.92. The van der Waals surface area contributed by atoms with Gasteiger partial charge >= 0.3 is 0 Å². The lowest BCUT2D eigenvalue weighted by atomic mass is 10.2. The van der Waals surface area contributed by atoms with Gasteiger partial charge in [-0.25, -0.2) is 8.42 Å². The van der Waals surface area contributed by atoms with Crippen LogP contribution in [0.3, 0.4) is 0 Å². The highest BCUT2D eigenvalue weighted by Crippen LogP contribution is 2.24. The number of para-hydroxylation sites is 1. The lowest BCUT2D eigenvalue weighted by Crippen LogP contribution is -2.25. The SMILES string of the molecule is CCCCOCCCNC(=O)c1cccc(S(=O)(=O)Nc2ccccc2Cl)c1. The highest BCUT2D eigenvalue weighted by atomic mass is 35.5. The Balaban J connectivity index is 1.95. The summed E-state index contributed by atoms with van der Waals surface area (Å²) in [6.45, 7) is 3.86. The molecule has 0 spiro atoms. The number of sulfonamides is 1. The lowest BCUT2D eigenvalue weighted by Gasteiger charge is -2.11. The first-order chi connectivity index (χ1) is 13.4. The van der Waals surface area contributed by atoms with E-state index < -0.39 is 10.0 Å². The second-order valence-corrected chi connectivity index (χ2v) is 8.28. The van der Waals surface area contributed by atoms with Crippen molar-refractivity contribution in [3.63, 3.8) is 0 Å². The van der Waals surface area contributed by atoms with Gasteiger partial charge in [0.15, 0.2) is 0 Å². The Hall–Kier alpha value is -2.09. The molecule has 0 radical (unpaired) electrons. The van der Waals surface area contributed by atoms with Crippen LogP contribution in [0.2, 0.25) is 5.02 Å². The van der Waals surface area contributed by atoms with Crippen molar-refractivity contribution in [1.82, 2.24) is 5.32 Å². The van der Waals surface area contributed by atoms with Crippen molar-refractivity contribution in [2.45, 2.75) is 31.1 Å². The zero-order valence-corrected chi connectivity index (χ0v) is 17.4. The number of unbranched alkanes of at least 4 members (excludes halogenated alkanes) is 1. The minimum Gasteiger partial charge on any atom is -0.381 e. The molecule has 6 nitrogen and oxygen atoms in total. The number of carbonyl (C=O) groups excluding carboxylic acids is 1. The van der Waals surface area contributed by atoms with Gasteiger partial charge in [-0.1, -0.05) is 43.1 Å². The zero-order chi connectivity index (χ0) is 20.4.